The average Bonchev–Trinajstić information content (AvgIpc) is 3.58. The average molecular weight is 507 g/mol. The van der Waals surface area contributed by atoms with Crippen LogP contribution in [0.1, 0.15) is 63.6 Å². The smallest absolute Gasteiger partial charge is 0.246 e. The second kappa shape index (κ2) is 11.0. The third-order valence-corrected chi connectivity index (χ3v) is 7.96. The lowest BCUT2D eigenvalue weighted by molar-refractivity contribution is -0.139. The predicted molar refractivity (Wildman–Crippen MR) is 140 cm³/mol. The van der Waals surface area contributed by atoms with Crippen LogP contribution < -0.4 is 10.6 Å². The molecule has 1 aliphatic carbocycles. The van der Waals surface area contributed by atoms with Crippen LogP contribution in [0.3, 0.4) is 0 Å². The topological polar surface area (TPSA) is 92.2 Å². The maximum absolute atomic E-state index is 14.0. The molecule has 0 bridgehead atoms. The number of aromatic nitrogens is 3. The predicted octanol–water partition coefficient (Wildman–Crippen LogP) is 3.90. The molecule has 37 heavy (non-hydrogen) atoms. The second-order valence-electron chi connectivity index (χ2n) is 10.3. The van der Waals surface area contributed by atoms with Gasteiger partial charge in [0.15, 0.2) is 0 Å². The summed E-state index contributed by atoms with van der Waals surface area (Å²) in [5.74, 6) is 0.363. The first-order valence-electron chi connectivity index (χ1n) is 13.3. The van der Waals surface area contributed by atoms with Crippen LogP contribution in [0.4, 0.5) is 4.39 Å². The molecule has 1 saturated heterocycles. The first-order valence-corrected chi connectivity index (χ1v) is 13.3. The summed E-state index contributed by atoms with van der Waals surface area (Å²) in [6.07, 6.45) is 10.3. The number of amides is 2. The van der Waals surface area contributed by atoms with E-state index in [9.17, 15) is 14.0 Å². The van der Waals surface area contributed by atoms with E-state index in [-0.39, 0.29) is 35.6 Å². The molecule has 1 aromatic carbocycles. The van der Waals surface area contributed by atoms with Crippen molar-refractivity contribution in [3.63, 3.8) is 0 Å². The summed E-state index contributed by atoms with van der Waals surface area (Å²) >= 11 is 0. The van der Waals surface area contributed by atoms with Gasteiger partial charge in [-0.3, -0.25) is 9.59 Å². The lowest BCUT2D eigenvalue weighted by Gasteiger charge is -2.35. The zero-order valence-corrected chi connectivity index (χ0v) is 21.5. The molecule has 9 heteroatoms. The Labute approximate surface area is 216 Å². The van der Waals surface area contributed by atoms with Crippen molar-refractivity contribution >= 4 is 22.7 Å². The fourth-order valence-corrected chi connectivity index (χ4v) is 5.76. The molecule has 1 aliphatic heterocycles. The van der Waals surface area contributed by atoms with Gasteiger partial charge in [-0.05, 0) is 69.8 Å². The number of hydrogen-bond acceptors (Lipinski definition) is 5. The van der Waals surface area contributed by atoms with Gasteiger partial charge < -0.3 is 20.1 Å². The number of rotatable bonds is 7. The minimum atomic E-state index is -0.534. The van der Waals surface area contributed by atoms with Crippen LogP contribution in [0.15, 0.2) is 42.9 Å². The van der Waals surface area contributed by atoms with Crippen molar-refractivity contribution in [3.05, 3.63) is 54.4 Å². The number of nitrogens with one attached hydrogen (secondary N) is 2. The summed E-state index contributed by atoms with van der Waals surface area (Å²) < 4.78 is 15.6. The molecule has 1 saturated carbocycles. The summed E-state index contributed by atoms with van der Waals surface area (Å²) in [6, 6.07) is 7.36. The first-order chi connectivity index (χ1) is 18.0. The highest BCUT2D eigenvalue weighted by Gasteiger charge is 2.39. The van der Waals surface area contributed by atoms with Gasteiger partial charge in [-0.1, -0.05) is 19.3 Å². The van der Waals surface area contributed by atoms with E-state index in [1.54, 1.807) is 20.0 Å². The van der Waals surface area contributed by atoms with Crippen LogP contribution in [-0.4, -0.2) is 56.9 Å². The van der Waals surface area contributed by atoms with Crippen LogP contribution in [0.2, 0.25) is 0 Å². The second-order valence-corrected chi connectivity index (χ2v) is 10.3. The van der Waals surface area contributed by atoms with Crippen molar-refractivity contribution < 1.29 is 14.0 Å². The Morgan fingerprint density at radius 2 is 1.86 bits per heavy atom. The molecule has 3 atom stereocenters. The van der Waals surface area contributed by atoms with Gasteiger partial charge in [0, 0.05) is 24.2 Å². The Morgan fingerprint density at radius 3 is 2.65 bits per heavy atom. The maximum Gasteiger partial charge on any atom is 0.246 e. The van der Waals surface area contributed by atoms with Crippen molar-refractivity contribution in [1.82, 2.24) is 30.1 Å². The summed E-state index contributed by atoms with van der Waals surface area (Å²) in [4.78, 5) is 37.7. The van der Waals surface area contributed by atoms with E-state index in [1.807, 2.05) is 27.8 Å². The zero-order chi connectivity index (χ0) is 25.9. The van der Waals surface area contributed by atoms with Gasteiger partial charge in [0.05, 0.1) is 23.3 Å². The van der Waals surface area contributed by atoms with Gasteiger partial charge in [0.2, 0.25) is 11.8 Å². The number of likely N-dealkylation sites (tertiary alicyclic amines) is 1. The molecule has 8 nitrogen and oxygen atoms in total. The van der Waals surface area contributed by atoms with Crippen molar-refractivity contribution in [2.75, 3.05) is 13.6 Å². The molecular weight excluding hydrogens is 471 g/mol. The van der Waals surface area contributed by atoms with Gasteiger partial charge >= 0.3 is 0 Å². The first kappa shape index (κ1) is 25.3. The fraction of sp³-hybridized carbons (Fsp3) is 0.500. The van der Waals surface area contributed by atoms with E-state index in [0.717, 1.165) is 55.1 Å². The van der Waals surface area contributed by atoms with Crippen molar-refractivity contribution in [3.8, 4) is 5.82 Å². The highest BCUT2D eigenvalue weighted by Crippen LogP contribution is 2.35. The molecule has 196 valence electrons. The Balaban J connectivity index is 1.42. The third-order valence-electron chi connectivity index (χ3n) is 7.96. The Hall–Kier alpha value is -3.33. The lowest BCUT2D eigenvalue weighted by atomic mass is 9.83. The molecule has 2 fully saturated rings. The van der Waals surface area contributed by atoms with E-state index in [4.69, 9.17) is 0 Å². The van der Waals surface area contributed by atoms with Gasteiger partial charge in [-0.25, -0.2) is 14.4 Å². The Bertz CT molecular complexity index is 1270. The molecule has 0 spiro atoms. The molecule has 3 heterocycles. The quantitative estimate of drug-likeness (QED) is 0.507. The van der Waals surface area contributed by atoms with E-state index < -0.39 is 6.04 Å². The van der Waals surface area contributed by atoms with Crippen molar-refractivity contribution in [2.45, 2.75) is 70.0 Å². The standard InChI is InChI=1S/C28H35FN6O2/c1-18(30-2)27(36)33-26(19-7-4-3-5-8-19)28(37)35-13-6-9-24(35)22-16-25(32-17-31-22)34-14-12-20-15-21(29)10-11-23(20)34/h10-12,14-19,24,26,30H,3-9,13H2,1-2H3,(H,33,36)/t18?,24?,26-/m0/s1. The lowest BCUT2D eigenvalue weighted by Crippen LogP contribution is -2.55. The molecule has 5 rings (SSSR count). The zero-order valence-electron chi connectivity index (χ0n) is 21.5. The maximum atomic E-state index is 14.0. The van der Waals surface area contributed by atoms with Crippen LogP contribution in [0.25, 0.3) is 16.7 Å². The normalized spacial score (nSPS) is 20.2. The molecular formula is C28H35FN6O2. The summed E-state index contributed by atoms with van der Waals surface area (Å²) in [5, 5.41) is 6.85. The summed E-state index contributed by atoms with van der Waals surface area (Å²) in [5.41, 5.74) is 1.63. The number of likely N-dealkylation sites (N-methyl/N-ethyl adjacent to an activating group) is 1. The Kier molecular flexibility index (Phi) is 7.50. The van der Waals surface area contributed by atoms with Gasteiger partial charge in [0.1, 0.15) is 24.0 Å². The highest BCUT2D eigenvalue weighted by atomic mass is 19.1. The number of benzene rings is 1. The molecule has 2 unspecified atom stereocenters. The highest BCUT2D eigenvalue weighted by molar-refractivity contribution is 5.90. The van der Waals surface area contributed by atoms with Crippen LogP contribution in [-0.2, 0) is 9.59 Å². The number of carbonyl (C=O) groups excluding carboxylic acids is 2. The molecule has 2 amide bonds. The van der Waals surface area contributed by atoms with Crippen LogP contribution >= 0.6 is 0 Å². The number of hydrogen-bond donors (Lipinski definition) is 2. The molecule has 3 aromatic rings. The minimum Gasteiger partial charge on any atom is -0.343 e. The van der Waals surface area contributed by atoms with E-state index in [0.29, 0.717) is 12.4 Å². The monoisotopic (exact) mass is 506 g/mol. The number of fused-ring (bicyclic) bond motifs is 1. The van der Waals surface area contributed by atoms with Gasteiger partial charge in [-0.2, -0.15) is 0 Å². The fourth-order valence-electron chi connectivity index (χ4n) is 5.76. The van der Waals surface area contributed by atoms with E-state index in [1.165, 1.54) is 24.9 Å². The van der Waals surface area contributed by atoms with Crippen LogP contribution in [0.5, 0.6) is 0 Å². The molecule has 2 aromatic heterocycles. The van der Waals surface area contributed by atoms with Crippen LogP contribution in [0, 0.1) is 11.7 Å². The Morgan fingerprint density at radius 1 is 1.05 bits per heavy atom. The summed E-state index contributed by atoms with van der Waals surface area (Å²) in [6.45, 7) is 2.44. The number of nitrogens with zero attached hydrogens (tertiary/aromatic N) is 4. The molecule has 0 radical (unpaired) electrons. The van der Waals surface area contributed by atoms with Crippen molar-refractivity contribution in [1.29, 1.82) is 0 Å². The van der Waals surface area contributed by atoms with E-state index >= 15 is 0 Å². The third kappa shape index (κ3) is 5.23. The SMILES string of the molecule is CNC(C)C(=O)N[C@H](C(=O)N1CCCC1c1cc(-n2ccc3cc(F)ccc32)ncn1)C1CCCCC1. The summed E-state index contributed by atoms with van der Waals surface area (Å²) in [7, 11) is 1.75. The largest absolute Gasteiger partial charge is 0.343 e. The van der Waals surface area contributed by atoms with E-state index in [2.05, 4.69) is 20.6 Å². The van der Waals surface area contributed by atoms with Gasteiger partial charge in [0.25, 0.3) is 0 Å². The van der Waals surface area contributed by atoms with Crippen molar-refractivity contribution in [2.24, 2.45) is 5.92 Å². The number of carbonyl (C=O) groups is 2. The minimum absolute atomic E-state index is 0.0203. The van der Waals surface area contributed by atoms with Gasteiger partial charge in [-0.15, -0.1) is 0 Å². The molecule has 2 aliphatic rings. The number of halogens is 1. The molecule has 2 N–H and O–H groups in total.